The highest BCUT2D eigenvalue weighted by molar-refractivity contribution is 7.47. The van der Waals surface area contributed by atoms with Crippen LogP contribution in [0.1, 0.15) is 162 Å². The van der Waals surface area contributed by atoms with Crippen molar-refractivity contribution < 1.29 is 38.0 Å². The van der Waals surface area contributed by atoms with Crippen LogP contribution in [0.2, 0.25) is 0 Å². The predicted molar refractivity (Wildman–Crippen MR) is 223 cm³/mol. The fourth-order valence-electron chi connectivity index (χ4n) is 5.70. The van der Waals surface area contributed by atoms with Crippen molar-refractivity contribution in [1.29, 1.82) is 0 Å². The number of rotatable bonds is 37. The van der Waals surface area contributed by atoms with E-state index in [1.165, 1.54) is 64.2 Å². The van der Waals surface area contributed by atoms with Crippen molar-refractivity contribution in [3.05, 3.63) is 48.6 Å². The van der Waals surface area contributed by atoms with Gasteiger partial charge in [0.15, 0.2) is 0 Å². The molecule has 1 amide bonds. The van der Waals surface area contributed by atoms with Crippen molar-refractivity contribution in [3.63, 3.8) is 0 Å². The Labute approximate surface area is 325 Å². The molecule has 0 spiro atoms. The number of nitrogens with zero attached hydrogens (tertiary/aromatic N) is 1. The van der Waals surface area contributed by atoms with E-state index in [1.807, 2.05) is 28.1 Å². The van der Waals surface area contributed by atoms with E-state index in [4.69, 9.17) is 9.05 Å². The Hall–Kier alpha value is -1.58. The van der Waals surface area contributed by atoms with E-state index in [9.17, 15) is 24.5 Å². The Bertz CT molecular complexity index is 1020. The highest BCUT2D eigenvalue weighted by Gasteiger charge is 2.28. The van der Waals surface area contributed by atoms with Crippen molar-refractivity contribution in [2.75, 3.05) is 40.9 Å². The van der Waals surface area contributed by atoms with Gasteiger partial charge >= 0.3 is 7.82 Å². The first-order valence-corrected chi connectivity index (χ1v) is 22.5. The van der Waals surface area contributed by atoms with Gasteiger partial charge in [-0.2, -0.15) is 0 Å². The molecule has 4 atom stereocenters. The zero-order valence-electron chi connectivity index (χ0n) is 34.6. The van der Waals surface area contributed by atoms with Crippen LogP contribution in [0.25, 0.3) is 0 Å². The van der Waals surface area contributed by atoms with E-state index in [1.54, 1.807) is 0 Å². The second kappa shape index (κ2) is 34.9. The SMILES string of the molecule is CCCCCCCCCCCCCCC[C@@H](O)[C@H](COP(=O)(O)OCC[N+](C)(C)C)NC(=O)CCC/C=C\C/C=C\C/C=C\C/C=C\CCC[C@H](C)O. The maximum Gasteiger partial charge on any atom is 0.472 e. The number of carbonyl (C=O) groups excluding carboxylic acids is 1. The molecule has 0 aromatic heterocycles. The molecule has 0 heterocycles. The second-order valence-electron chi connectivity index (χ2n) is 15.6. The van der Waals surface area contributed by atoms with Gasteiger partial charge in [-0.1, -0.05) is 139 Å². The average Bonchev–Trinajstić information content (AvgIpc) is 3.09. The number of likely N-dealkylation sites (N-methyl/N-ethyl adjacent to an activating group) is 1. The first kappa shape index (κ1) is 51.4. The maximum absolute atomic E-state index is 12.8. The zero-order chi connectivity index (χ0) is 39.5. The van der Waals surface area contributed by atoms with Crippen LogP contribution in [-0.2, 0) is 18.4 Å². The average molecular weight is 770 g/mol. The summed E-state index contributed by atoms with van der Waals surface area (Å²) in [5.41, 5.74) is 0. The van der Waals surface area contributed by atoms with Gasteiger partial charge < -0.3 is 24.9 Å². The number of quaternary nitrogens is 1. The number of nitrogens with one attached hydrogen (secondary N) is 1. The predicted octanol–water partition coefficient (Wildman–Crippen LogP) is 10.3. The van der Waals surface area contributed by atoms with E-state index in [0.717, 1.165) is 64.2 Å². The summed E-state index contributed by atoms with van der Waals surface area (Å²) in [6, 6.07) is -0.797. The van der Waals surface area contributed by atoms with Crippen LogP contribution in [0.5, 0.6) is 0 Å². The van der Waals surface area contributed by atoms with Crippen LogP contribution in [-0.4, -0.2) is 84.6 Å². The van der Waals surface area contributed by atoms with Crippen LogP contribution < -0.4 is 5.32 Å². The molecule has 0 saturated carbocycles. The number of phosphoric ester groups is 1. The monoisotopic (exact) mass is 770 g/mol. The number of aliphatic hydroxyl groups is 2. The van der Waals surface area contributed by atoms with Gasteiger partial charge in [-0.3, -0.25) is 13.8 Å². The van der Waals surface area contributed by atoms with E-state index < -0.39 is 20.0 Å². The zero-order valence-corrected chi connectivity index (χ0v) is 35.5. The summed E-state index contributed by atoms with van der Waals surface area (Å²) >= 11 is 0. The molecule has 1 unspecified atom stereocenters. The van der Waals surface area contributed by atoms with Crippen LogP contribution in [0.3, 0.4) is 0 Å². The summed E-state index contributed by atoms with van der Waals surface area (Å²) in [4.78, 5) is 23.1. The van der Waals surface area contributed by atoms with Crippen molar-refractivity contribution in [3.8, 4) is 0 Å². The number of hydrogen-bond donors (Lipinski definition) is 4. The molecule has 0 bridgehead atoms. The van der Waals surface area contributed by atoms with Crippen LogP contribution in [0.15, 0.2) is 48.6 Å². The Kier molecular flexibility index (Phi) is 33.8. The number of unbranched alkanes of at least 4 members (excludes halogenated alkanes) is 14. The van der Waals surface area contributed by atoms with Gasteiger partial charge in [0.1, 0.15) is 13.2 Å². The van der Waals surface area contributed by atoms with Crippen molar-refractivity contribution in [2.24, 2.45) is 0 Å². The van der Waals surface area contributed by atoms with E-state index >= 15 is 0 Å². The molecule has 0 aromatic carbocycles. The third-order valence-corrected chi connectivity index (χ3v) is 10.1. The van der Waals surface area contributed by atoms with Gasteiger partial charge in [0.05, 0.1) is 46.0 Å². The topological polar surface area (TPSA) is 125 Å². The molecular weight excluding hydrogens is 687 g/mol. The molecule has 0 saturated heterocycles. The molecular formula is C43H82N2O7P+. The van der Waals surface area contributed by atoms with Gasteiger partial charge in [-0.05, 0) is 64.7 Å². The second-order valence-corrected chi connectivity index (χ2v) is 17.1. The summed E-state index contributed by atoms with van der Waals surface area (Å²) < 4.78 is 23.5. The lowest BCUT2D eigenvalue weighted by Gasteiger charge is -2.26. The Balaban J connectivity index is 4.52. The largest absolute Gasteiger partial charge is 0.472 e. The highest BCUT2D eigenvalue weighted by atomic mass is 31.2. The minimum absolute atomic E-state index is 0.0569. The van der Waals surface area contributed by atoms with Crippen molar-refractivity contribution >= 4 is 13.7 Å². The number of phosphoric acid groups is 1. The quantitative estimate of drug-likeness (QED) is 0.0215. The van der Waals surface area contributed by atoms with Gasteiger partial charge in [0.25, 0.3) is 0 Å². The van der Waals surface area contributed by atoms with Crippen LogP contribution in [0, 0.1) is 0 Å². The highest BCUT2D eigenvalue weighted by Crippen LogP contribution is 2.43. The molecule has 0 aliphatic rings. The molecule has 0 aliphatic heterocycles. The minimum Gasteiger partial charge on any atom is -0.393 e. The summed E-state index contributed by atoms with van der Waals surface area (Å²) in [6.45, 7) is 4.37. The molecule has 0 aliphatic carbocycles. The smallest absolute Gasteiger partial charge is 0.393 e. The summed E-state index contributed by atoms with van der Waals surface area (Å²) in [6.07, 6.45) is 39.8. The minimum atomic E-state index is -4.33. The molecule has 53 heavy (non-hydrogen) atoms. The van der Waals surface area contributed by atoms with Crippen molar-refractivity contribution in [1.82, 2.24) is 5.32 Å². The molecule has 9 nitrogen and oxygen atoms in total. The first-order valence-electron chi connectivity index (χ1n) is 21.0. The molecule has 310 valence electrons. The van der Waals surface area contributed by atoms with Gasteiger partial charge in [-0.15, -0.1) is 0 Å². The normalized spacial score (nSPS) is 15.5. The number of allylic oxidation sites excluding steroid dienone is 8. The molecule has 0 fully saturated rings. The summed E-state index contributed by atoms with van der Waals surface area (Å²) in [5.74, 6) is -0.212. The first-order chi connectivity index (χ1) is 25.4. The van der Waals surface area contributed by atoms with Gasteiger partial charge in [0, 0.05) is 6.42 Å². The molecule has 4 N–H and O–H groups in total. The fourth-order valence-corrected chi connectivity index (χ4v) is 6.44. The lowest BCUT2D eigenvalue weighted by atomic mass is 10.0. The third-order valence-electron chi connectivity index (χ3n) is 9.10. The van der Waals surface area contributed by atoms with Gasteiger partial charge in [-0.25, -0.2) is 4.57 Å². The Morgan fingerprint density at radius 3 is 1.64 bits per heavy atom. The lowest BCUT2D eigenvalue weighted by Crippen LogP contribution is -2.46. The summed E-state index contributed by atoms with van der Waals surface area (Å²) in [7, 11) is 1.55. The molecule has 0 radical (unpaired) electrons. The number of carbonyl (C=O) groups is 1. The standard InChI is InChI=1S/C43H81N2O7P/c1-6-7-8-9-10-11-12-16-20-23-26-29-32-35-42(47)41(39-52-53(49,50)51-38-37-45(3,4)5)44-43(48)36-33-30-27-24-21-18-15-13-14-17-19-22-25-28-31-34-40(2)46/h14-15,17-18,22,24-25,27,40-42,46-47H,6-13,16,19-21,23,26,28-39H2,1-5H3,(H-,44,48,49,50)/p+1/b17-14-,18-15-,25-22-,27-24-/t40-,41-,42+/m0/s1. The van der Waals surface area contributed by atoms with E-state index in [2.05, 4.69) is 60.8 Å². The maximum atomic E-state index is 12.8. The molecule has 0 aromatic rings. The van der Waals surface area contributed by atoms with E-state index in [-0.39, 0.29) is 25.2 Å². The number of hydrogen-bond acceptors (Lipinski definition) is 6. The number of aliphatic hydroxyl groups excluding tert-OH is 2. The summed E-state index contributed by atoms with van der Waals surface area (Å²) in [5, 5.41) is 23.1. The lowest BCUT2D eigenvalue weighted by molar-refractivity contribution is -0.870. The molecule has 0 rings (SSSR count). The van der Waals surface area contributed by atoms with Gasteiger partial charge in [0.2, 0.25) is 5.91 Å². The number of amides is 1. The Morgan fingerprint density at radius 2 is 1.15 bits per heavy atom. The fraction of sp³-hybridized carbons (Fsp3) is 0.791. The molecule has 10 heteroatoms. The third kappa shape index (κ3) is 38.5. The van der Waals surface area contributed by atoms with Crippen LogP contribution >= 0.6 is 7.82 Å². The van der Waals surface area contributed by atoms with Crippen molar-refractivity contribution in [2.45, 2.75) is 180 Å². The van der Waals surface area contributed by atoms with E-state index in [0.29, 0.717) is 30.3 Å². The van der Waals surface area contributed by atoms with Crippen LogP contribution in [0.4, 0.5) is 0 Å². The Morgan fingerprint density at radius 1 is 0.679 bits per heavy atom.